The zero-order valence-corrected chi connectivity index (χ0v) is 16.5. The smallest absolute Gasteiger partial charge is 0.876 e. The molecule has 0 aromatic carbocycles. The fourth-order valence-corrected chi connectivity index (χ4v) is 0.859. The van der Waals surface area contributed by atoms with Crippen molar-refractivity contribution >= 4 is 17.3 Å². The van der Waals surface area contributed by atoms with Gasteiger partial charge < -0.3 is 20.8 Å². The van der Waals surface area contributed by atoms with E-state index in [2.05, 4.69) is 0 Å². The van der Waals surface area contributed by atoms with Crippen molar-refractivity contribution in [1.82, 2.24) is 0 Å². The quantitative estimate of drug-likeness (QED) is 0.371. The molecule has 0 atom stereocenters. The summed E-state index contributed by atoms with van der Waals surface area (Å²) >= 11 is 0. The Hall–Kier alpha value is -0.826. The van der Waals surface area contributed by atoms with Crippen LogP contribution in [0.1, 0.15) is 41.5 Å². The zero-order valence-electron chi connectivity index (χ0n) is 14.1. The first kappa shape index (κ1) is 33.7. The van der Waals surface area contributed by atoms with Crippen LogP contribution in [0.25, 0.3) is 0 Å². The number of ketones is 3. The minimum absolute atomic E-state index is 0. The molecule has 0 radical (unpaired) electrons. The molecule has 23 heavy (non-hydrogen) atoms. The van der Waals surface area contributed by atoms with Gasteiger partial charge in [0.1, 0.15) is 0 Å². The first-order chi connectivity index (χ1) is 9.38. The van der Waals surface area contributed by atoms with Crippen molar-refractivity contribution < 1.29 is 84.6 Å². The predicted octanol–water partition coefficient (Wildman–Crippen LogP) is -1.31. The molecule has 0 aromatic rings. The first-order valence-electron chi connectivity index (χ1n) is 5.96. The van der Waals surface area contributed by atoms with Crippen LogP contribution in [0, 0.1) is 49.4 Å². The van der Waals surface area contributed by atoms with Gasteiger partial charge in [0.2, 0.25) is 0 Å². The van der Waals surface area contributed by atoms with Gasteiger partial charge in [-0.15, -0.1) is 17.3 Å². The summed E-state index contributed by atoms with van der Waals surface area (Å²) in [5.74, 6) is -1.12. The number of hydrogen-bond acceptors (Lipinski definition) is 6. The molecule has 0 heterocycles. The molecule has 0 saturated heterocycles. The molecule has 0 spiro atoms. The molecule has 0 aliphatic rings. The van der Waals surface area contributed by atoms with Crippen LogP contribution < -0.4 is 15.3 Å². The van der Waals surface area contributed by atoms with E-state index in [1.807, 2.05) is 0 Å². The molecule has 0 saturated carbocycles. The van der Waals surface area contributed by atoms with Crippen molar-refractivity contribution in [2.24, 2.45) is 0 Å². The number of carbonyl (C=O) groups excluding carboxylic acids is 3. The zero-order chi connectivity index (χ0) is 17.6. The predicted molar refractivity (Wildman–Crippen MR) is 76.9 cm³/mol. The molecule has 0 amide bonds. The molecule has 0 aromatic heterocycles. The van der Waals surface area contributed by atoms with Crippen LogP contribution in [0.4, 0.5) is 0 Å². The normalized spacial score (nSPS) is 10.4. The summed E-state index contributed by atoms with van der Waals surface area (Å²) in [6, 6.07) is 0. The molecule has 7 nitrogen and oxygen atoms in total. The van der Waals surface area contributed by atoms with E-state index in [1.165, 1.54) is 41.5 Å². The second-order valence-electron chi connectivity index (χ2n) is 4.10. The van der Waals surface area contributed by atoms with Crippen LogP contribution in [-0.4, -0.2) is 22.8 Å². The van der Waals surface area contributed by atoms with E-state index < -0.39 is 0 Å². The Morgan fingerprint density at radius 2 is 0.696 bits per heavy atom. The minimum Gasteiger partial charge on any atom is -0.876 e. The summed E-state index contributed by atoms with van der Waals surface area (Å²) in [5.41, 5.74) is 0. The Labute approximate surface area is 177 Å². The second-order valence-corrected chi connectivity index (χ2v) is 4.10. The van der Waals surface area contributed by atoms with Crippen molar-refractivity contribution in [3.63, 3.8) is 0 Å². The monoisotopic (exact) mass is 468 g/mol. The fourth-order valence-electron chi connectivity index (χ4n) is 0.859. The Morgan fingerprint density at radius 3 is 0.696 bits per heavy atom. The van der Waals surface area contributed by atoms with E-state index in [-0.39, 0.29) is 89.5 Å². The first-order valence-corrected chi connectivity index (χ1v) is 5.96. The van der Waals surface area contributed by atoms with Crippen LogP contribution in [0.2, 0.25) is 0 Å². The van der Waals surface area contributed by atoms with Crippen LogP contribution >= 0.6 is 0 Å². The molecule has 8 heteroatoms. The van der Waals surface area contributed by atoms with Crippen LogP contribution in [0.15, 0.2) is 35.5 Å². The Morgan fingerprint density at radius 1 is 0.565 bits per heavy atom. The molecule has 2 N–H and O–H groups in total. The van der Waals surface area contributed by atoms with Gasteiger partial charge in [-0.1, -0.05) is 20.8 Å². The summed E-state index contributed by atoms with van der Waals surface area (Å²) in [5, 5.41) is 29.9. The molecule has 0 bridgehead atoms. The van der Waals surface area contributed by atoms with Crippen molar-refractivity contribution in [2.75, 3.05) is 0 Å². The third-order valence-electron chi connectivity index (χ3n) is 1.22. The molecular weight excluding hydrogens is 444 g/mol. The van der Waals surface area contributed by atoms with E-state index >= 15 is 0 Å². The largest absolute Gasteiger partial charge is 3.00 e. The van der Waals surface area contributed by atoms with E-state index in [0.29, 0.717) is 0 Å². The Balaban J connectivity index is -0.0000000675. The second kappa shape index (κ2) is 21.2. The van der Waals surface area contributed by atoms with E-state index in [4.69, 9.17) is 0 Å². The van der Waals surface area contributed by atoms with Crippen LogP contribution in [0.5, 0.6) is 0 Å². The van der Waals surface area contributed by atoms with Gasteiger partial charge in [-0.05, 0) is 39.0 Å². The number of rotatable bonds is 3. The van der Waals surface area contributed by atoms with Crippen LogP contribution in [0.3, 0.4) is 0 Å². The molecule has 0 unspecified atom stereocenters. The topological polar surface area (TPSA) is 152 Å². The van der Waals surface area contributed by atoms with Gasteiger partial charge >= 0.3 is 49.4 Å². The van der Waals surface area contributed by atoms with Gasteiger partial charge in [0.25, 0.3) is 0 Å². The summed E-state index contributed by atoms with van der Waals surface area (Å²) in [6.45, 7) is 8.09. The number of allylic oxidation sites excluding steroid dienone is 6. The Kier molecular flexibility index (Phi) is 31.0. The molecular formula is C15H23EuO7. The van der Waals surface area contributed by atoms with Crippen LogP contribution in [-0.2, 0) is 14.4 Å². The van der Waals surface area contributed by atoms with Gasteiger partial charge in [0.05, 0.1) is 0 Å². The third kappa shape index (κ3) is 62.3. The maximum absolute atomic E-state index is 9.98. The van der Waals surface area contributed by atoms with Gasteiger partial charge in [-0.25, -0.2) is 0 Å². The van der Waals surface area contributed by atoms with E-state index in [1.54, 1.807) is 0 Å². The number of hydrogen-bond donors (Lipinski definition) is 0. The van der Waals surface area contributed by atoms with Crippen molar-refractivity contribution in [1.29, 1.82) is 0 Å². The summed E-state index contributed by atoms with van der Waals surface area (Å²) in [7, 11) is 0. The maximum Gasteiger partial charge on any atom is 3.00 e. The third-order valence-corrected chi connectivity index (χ3v) is 1.22. The molecule has 0 aliphatic carbocycles. The van der Waals surface area contributed by atoms with E-state index in [9.17, 15) is 29.7 Å². The molecule has 0 aliphatic heterocycles. The summed E-state index contributed by atoms with van der Waals surface area (Å²) in [4.78, 5) is 29.9. The van der Waals surface area contributed by atoms with Gasteiger partial charge in [0, 0.05) is 0 Å². The van der Waals surface area contributed by atoms with Crippen molar-refractivity contribution in [3.05, 3.63) is 35.5 Å². The Bertz CT molecular complexity index is 370. The van der Waals surface area contributed by atoms with Gasteiger partial charge in [0.15, 0.2) is 17.3 Å². The summed E-state index contributed by atoms with van der Waals surface area (Å²) < 4.78 is 0. The molecule has 132 valence electrons. The minimum atomic E-state index is -0.187. The average Bonchev–Trinajstić information content (AvgIpc) is 2.10. The fraction of sp³-hybridized carbons (Fsp3) is 0.400. The SMILES string of the molecule is CC(=O)/C=C(/C)[O-].CC(=O)/C=C(/C)[O-].CC(=O)/C=C(/C)[O-].O.[Eu+3]. The standard InChI is InChI=1S/3C5H8O2.Eu.H2O/c3*1-4(6)3-5(2)7;;/h3*3,6H,1-2H3;;1H2/q;;;+3;/p-3/b3*4-3-;;. The van der Waals surface area contributed by atoms with Crippen molar-refractivity contribution in [3.8, 4) is 0 Å². The summed E-state index contributed by atoms with van der Waals surface area (Å²) in [6.07, 6.45) is 3.17. The van der Waals surface area contributed by atoms with Gasteiger partial charge in [-0.3, -0.25) is 14.4 Å². The molecule has 0 fully saturated rings. The van der Waals surface area contributed by atoms with Gasteiger partial charge in [-0.2, -0.15) is 0 Å². The van der Waals surface area contributed by atoms with Crippen molar-refractivity contribution in [2.45, 2.75) is 41.5 Å². The average molecular weight is 467 g/mol. The van der Waals surface area contributed by atoms with E-state index in [0.717, 1.165) is 18.2 Å². The molecule has 0 rings (SSSR count). The maximum atomic E-state index is 9.98. The number of carbonyl (C=O) groups is 3.